The molecule has 2 amide bonds. The molecule has 5 nitrogen and oxygen atoms in total. The van der Waals surface area contributed by atoms with Crippen LogP contribution in [0.3, 0.4) is 0 Å². The largest absolute Gasteiger partial charge is 0.369 e. The van der Waals surface area contributed by atoms with Crippen molar-refractivity contribution in [3.05, 3.63) is 32.7 Å². The van der Waals surface area contributed by atoms with Gasteiger partial charge in [-0.15, -0.1) is 0 Å². The number of hydrogen-bond acceptors (Lipinski definition) is 3. The van der Waals surface area contributed by atoms with Crippen molar-refractivity contribution in [2.75, 3.05) is 19.6 Å². The van der Waals surface area contributed by atoms with Crippen LogP contribution in [0, 0.1) is 0 Å². The quantitative estimate of drug-likeness (QED) is 0.783. The van der Waals surface area contributed by atoms with E-state index in [1.807, 2.05) is 11.0 Å². The van der Waals surface area contributed by atoms with E-state index in [2.05, 4.69) is 37.2 Å². The number of hydrogen-bond donors (Lipinski definition) is 2. The Kier molecular flexibility index (Phi) is 5.78. The third kappa shape index (κ3) is 5.09. The number of carbonyl (C=O) groups is 2. The molecule has 1 aromatic carbocycles. The van der Waals surface area contributed by atoms with Crippen LogP contribution in [0.2, 0.25) is 0 Å². The van der Waals surface area contributed by atoms with E-state index in [1.165, 1.54) is 0 Å². The molecule has 0 radical (unpaired) electrons. The van der Waals surface area contributed by atoms with Gasteiger partial charge in [-0.05, 0) is 31.0 Å². The Morgan fingerprint density at radius 3 is 2.29 bits per heavy atom. The lowest BCUT2D eigenvalue weighted by Gasteiger charge is -2.31. The van der Waals surface area contributed by atoms with E-state index in [9.17, 15) is 9.59 Å². The number of nitrogens with zero attached hydrogens (tertiary/aromatic N) is 1. The number of likely N-dealkylation sites (tertiary alicyclic amines) is 1. The Bertz CT molecular complexity index is 523. The molecule has 1 heterocycles. The van der Waals surface area contributed by atoms with Gasteiger partial charge >= 0.3 is 0 Å². The Balaban J connectivity index is 1.88. The zero-order chi connectivity index (χ0) is 15.4. The molecule has 0 bridgehead atoms. The topological polar surface area (TPSA) is 75.4 Å². The highest BCUT2D eigenvalue weighted by molar-refractivity contribution is 9.11. The minimum atomic E-state index is -0.309. The van der Waals surface area contributed by atoms with Crippen LogP contribution in [0.5, 0.6) is 0 Å². The maximum Gasteiger partial charge on any atom is 0.251 e. The minimum Gasteiger partial charge on any atom is -0.369 e. The molecule has 2 rings (SSSR count). The molecule has 1 aromatic rings. The lowest BCUT2D eigenvalue weighted by atomic mass is 10.0. The predicted molar refractivity (Wildman–Crippen MR) is 88.0 cm³/mol. The van der Waals surface area contributed by atoms with E-state index in [4.69, 9.17) is 5.73 Å². The number of primary amides is 1. The molecule has 0 aromatic heterocycles. The summed E-state index contributed by atoms with van der Waals surface area (Å²) in [5.74, 6) is -0.387. The molecule has 7 heteroatoms. The van der Waals surface area contributed by atoms with E-state index in [0.717, 1.165) is 34.9 Å². The third-order valence-electron chi connectivity index (χ3n) is 3.43. The van der Waals surface area contributed by atoms with Crippen LogP contribution in [0.4, 0.5) is 0 Å². The molecule has 21 heavy (non-hydrogen) atoms. The summed E-state index contributed by atoms with van der Waals surface area (Å²) in [7, 11) is 0. The molecule has 1 fully saturated rings. The van der Waals surface area contributed by atoms with Gasteiger partial charge in [-0.3, -0.25) is 14.5 Å². The van der Waals surface area contributed by atoms with Crippen molar-refractivity contribution in [3.8, 4) is 0 Å². The number of piperidine rings is 1. The van der Waals surface area contributed by atoms with Crippen molar-refractivity contribution < 1.29 is 9.59 Å². The fourth-order valence-corrected chi connectivity index (χ4v) is 3.70. The van der Waals surface area contributed by atoms with Gasteiger partial charge in [0.2, 0.25) is 5.91 Å². The van der Waals surface area contributed by atoms with Gasteiger partial charge in [0.25, 0.3) is 5.91 Å². The summed E-state index contributed by atoms with van der Waals surface area (Å²) >= 11 is 6.75. The second-order valence-corrected chi connectivity index (χ2v) is 6.98. The molecule has 1 saturated heterocycles. The van der Waals surface area contributed by atoms with E-state index in [1.54, 1.807) is 12.1 Å². The van der Waals surface area contributed by atoms with Crippen LogP contribution >= 0.6 is 31.9 Å². The Morgan fingerprint density at radius 2 is 1.76 bits per heavy atom. The maximum atomic E-state index is 12.2. The summed E-state index contributed by atoms with van der Waals surface area (Å²) in [5, 5.41) is 3.04. The molecule has 3 N–H and O–H groups in total. The normalized spacial score (nSPS) is 16.7. The molecule has 0 aliphatic carbocycles. The van der Waals surface area contributed by atoms with Crippen LogP contribution in [0.25, 0.3) is 0 Å². The van der Waals surface area contributed by atoms with E-state index in [0.29, 0.717) is 12.1 Å². The standard InChI is InChI=1S/C14H17Br2N3O2/c15-10-5-9(6-11(16)7-10)14(21)18-12-1-3-19(4-2-12)8-13(17)20/h5-7,12H,1-4,8H2,(H2,17,20)(H,18,21). The second-order valence-electron chi connectivity index (χ2n) is 5.15. The fraction of sp³-hybridized carbons (Fsp3) is 0.429. The summed E-state index contributed by atoms with van der Waals surface area (Å²) in [6, 6.07) is 5.61. The first-order valence-corrected chi connectivity index (χ1v) is 8.30. The van der Waals surface area contributed by atoms with Gasteiger partial charge in [0, 0.05) is 33.6 Å². The molecule has 0 saturated carbocycles. The van der Waals surface area contributed by atoms with Crippen molar-refractivity contribution in [2.24, 2.45) is 5.73 Å². The minimum absolute atomic E-state index is 0.0784. The zero-order valence-electron chi connectivity index (χ0n) is 11.4. The van der Waals surface area contributed by atoms with Gasteiger partial charge < -0.3 is 11.1 Å². The lowest BCUT2D eigenvalue weighted by molar-refractivity contribution is -0.119. The molecule has 1 aliphatic rings. The molecule has 0 atom stereocenters. The van der Waals surface area contributed by atoms with E-state index >= 15 is 0 Å². The Morgan fingerprint density at radius 1 is 1.19 bits per heavy atom. The molecular formula is C14H17Br2N3O2. The Hall–Kier alpha value is -0.920. The number of rotatable bonds is 4. The van der Waals surface area contributed by atoms with Crippen LogP contribution in [-0.4, -0.2) is 42.4 Å². The first-order chi connectivity index (χ1) is 9.94. The van der Waals surface area contributed by atoms with Crippen LogP contribution < -0.4 is 11.1 Å². The van der Waals surface area contributed by atoms with Crippen LogP contribution in [0.15, 0.2) is 27.1 Å². The van der Waals surface area contributed by atoms with Gasteiger partial charge in [-0.1, -0.05) is 31.9 Å². The first-order valence-electron chi connectivity index (χ1n) is 6.71. The van der Waals surface area contributed by atoms with E-state index < -0.39 is 0 Å². The number of carbonyl (C=O) groups excluding carboxylic acids is 2. The highest BCUT2D eigenvalue weighted by atomic mass is 79.9. The first kappa shape index (κ1) is 16.5. The second kappa shape index (κ2) is 7.38. The average molecular weight is 419 g/mol. The van der Waals surface area contributed by atoms with Crippen molar-refractivity contribution >= 4 is 43.7 Å². The summed E-state index contributed by atoms with van der Waals surface area (Å²) in [6.07, 6.45) is 1.66. The number of nitrogens with two attached hydrogens (primary N) is 1. The number of nitrogens with one attached hydrogen (secondary N) is 1. The monoisotopic (exact) mass is 417 g/mol. The smallest absolute Gasteiger partial charge is 0.251 e. The molecule has 0 spiro atoms. The summed E-state index contributed by atoms with van der Waals surface area (Å²) in [5.41, 5.74) is 5.80. The van der Waals surface area contributed by atoms with Gasteiger partial charge in [0.15, 0.2) is 0 Å². The van der Waals surface area contributed by atoms with E-state index in [-0.39, 0.29) is 17.9 Å². The fourth-order valence-electron chi connectivity index (χ4n) is 2.41. The van der Waals surface area contributed by atoms with Crippen LogP contribution in [-0.2, 0) is 4.79 Å². The average Bonchev–Trinajstić information content (AvgIpc) is 2.39. The lowest BCUT2D eigenvalue weighted by Crippen LogP contribution is -2.46. The molecule has 0 unspecified atom stereocenters. The van der Waals surface area contributed by atoms with Crippen molar-refractivity contribution in [2.45, 2.75) is 18.9 Å². The maximum absolute atomic E-state index is 12.2. The summed E-state index contributed by atoms with van der Waals surface area (Å²) in [4.78, 5) is 25.1. The number of benzene rings is 1. The summed E-state index contributed by atoms with van der Waals surface area (Å²) < 4.78 is 1.72. The molecular weight excluding hydrogens is 402 g/mol. The molecule has 114 valence electrons. The zero-order valence-corrected chi connectivity index (χ0v) is 14.6. The summed E-state index contributed by atoms with van der Waals surface area (Å²) in [6.45, 7) is 1.84. The Labute approximate surface area is 140 Å². The van der Waals surface area contributed by atoms with Crippen molar-refractivity contribution in [3.63, 3.8) is 0 Å². The highest BCUT2D eigenvalue weighted by Crippen LogP contribution is 2.20. The van der Waals surface area contributed by atoms with Gasteiger partial charge in [-0.2, -0.15) is 0 Å². The number of halogens is 2. The predicted octanol–water partition coefficient (Wildman–Crippen LogP) is 1.89. The highest BCUT2D eigenvalue weighted by Gasteiger charge is 2.22. The van der Waals surface area contributed by atoms with Gasteiger partial charge in [0.05, 0.1) is 6.54 Å². The van der Waals surface area contributed by atoms with Gasteiger partial charge in [-0.25, -0.2) is 0 Å². The van der Waals surface area contributed by atoms with Crippen molar-refractivity contribution in [1.29, 1.82) is 0 Å². The molecule has 1 aliphatic heterocycles. The van der Waals surface area contributed by atoms with Crippen LogP contribution in [0.1, 0.15) is 23.2 Å². The number of amides is 2. The van der Waals surface area contributed by atoms with Crippen molar-refractivity contribution in [1.82, 2.24) is 10.2 Å². The SMILES string of the molecule is NC(=O)CN1CCC(NC(=O)c2cc(Br)cc(Br)c2)CC1. The van der Waals surface area contributed by atoms with Gasteiger partial charge in [0.1, 0.15) is 0 Å². The third-order valence-corrected chi connectivity index (χ3v) is 4.34.